The van der Waals surface area contributed by atoms with E-state index in [1.54, 1.807) is 42.5 Å². The minimum Gasteiger partial charge on any atom is -0.454 e. The Balaban J connectivity index is 1.86. The maximum atomic E-state index is 13.5. The molecule has 170 valence electrons. The first kappa shape index (κ1) is 22.3. The second-order valence-electron chi connectivity index (χ2n) is 7.25. The molecule has 0 amide bonds. The van der Waals surface area contributed by atoms with Crippen LogP contribution >= 0.6 is 0 Å². The van der Waals surface area contributed by atoms with Crippen LogP contribution in [-0.4, -0.2) is 35.6 Å². The third kappa shape index (κ3) is 5.47. The highest BCUT2D eigenvalue weighted by molar-refractivity contribution is 7.92. The predicted octanol–water partition coefficient (Wildman–Crippen LogP) is 4.67. The van der Waals surface area contributed by atoms with Gasteiger partial charge >= 0.3 is 0 Å². The predicted molar refractivity (Wildman–Crippen MR) is 127 cm³/mol. The summed E-state index contributed by atoms with van der Waals surface area (Å²) < 4.78 is 35.8. The van der Waals surface area contributed by atoms with Crippen LogP contribution in [0.2, 0.25) is 0 Å². The van der Waals surface area contributed by atoms with Crippen molar-refractivity contribution in [1.29, 1.82) is 0 Å². The molecule has 0 spiro atoms. The smallest absolute Gasteiger partial charge is 0.265 e. The molecule has 0 radical (unpaired) electrons. The quantitative estimate of drug-likeness (QED) is 0.292. The van der Waals surface area contributed by atoms with Crippen LogP contribution in [-0.2, 0) is 10.0 Å². The van der Waals surface area contributed by atoms with Crippen LogP contribution in [0.1, 0.15) is 19.8 Å². The topological polar surface area (TPSA) is 122 Å². The lowest BCUT2D eigenvalue weighted by molar-refractivity contribution is 0.469. The number of H-pyrrole nitrogens is 1. The van der Waals surface area contributed by atoms with Crippen LogP contribution in [0, 0.1) is 0 Å². The fourth-order valence-electron chi connectivity index (χ4n) is 3.17. The number of unbranched alkanes of at least 4 members (excludes halogenated alkanes) is 1. The lowest BCUT2D eigenvalue weighted by Crippen LogP contribution is -2.15. The van der Waals surface area contributed by atoms with Crippen molar-refractivity contribution < 1.29 is 13.2 Å². The normalized spacial score (nSPS) is 11.2. The molecule has 0 aliphatic heterocycles. The zero-order chi connectivity index (χ0) is 23.1. The van der Waals surface area contributed by atoms with E-state index in [0.29, 0.717) is 29.2 Å². The molecule has 0 bridgehead atoms. The van der Waals surface area contributed by atoms with Gasteiger partial charge in [0.1, 0.15) is 10.6 Å². The molecule has 3 N–H and O–H groups in total. The number of rotatable bonds is 10. The molecule has 4 rings (SSSR count). The summed E-state index contributed by atoms with van der Waals surface area (Å²) in [5.74, 6) is 0.975. The molecule has 0 fully saturated rings. The number of hydrogen-bond acceptors (Lipinski definition) is 7. The number of para-hydroxylation sites is 2. The summed E-state index contributed by atoms with van der Waals surface area (Å²) in [5.41, 5.74) is 1.44. The second kappa shape index (κ2) is 10.1. The van der Waals surface area contributed by atoms with Crippen LogP contribution in [0.15, 0.2) is 77.7 Å². The van der Waals surface area contributed by atoms with Crippen LogP contribution < -0.4 is 14.8 Å². The van der Waals surface area contributed by atoms with Crippen molar-refractivity contribution in [3.8, 4) is 22.9 Å². The highest BCUT2D eigenvalue weighted by atomic mass is 32.2. The molecule has 3 aromatic carbocycles. The number of ether oxygens (including phenoxy) is 1. The van der Waals surface area contributed by atoms with Gasteiger partial charge < -0.3 is 10.1 Å². The van der Waals surface area contributed by atoms with Crippen molar-refractivity contribution in [1.82, 2.24) is 20.6 Å². The summed E-state index contributed by atoms with van der Waals surface area (Å²) in [7, 11) is -4.03. The van der Waals surface area contributed by atoms with E-state index in [9.17, 15) is 8.42 Å². The molecule has 0 unspecified atom stereocenters. The maximum absolute atomic E-state index is 13.5. The number of tetrazole rings is 1. The Kier molecular flexibility index (Phi) is 6.84. The van der Waals surface area contributed by atoms with Gasteiger partial charge in [-0.2, -0.15) is 5.21 Å². The Morgan fingerprint density at radius 3 is 2.39 bits per heavy atom. The lowest BCUT2D eigenvalue weighted by Gasteiger charge is -2.19. The molecular formula is C23H24N6O3S. The molecule has 4 aromatic rings. The third-order valence-electron chi connectivity index (χ3n) is 4.78. The van der Waals surface area contributed by atoms with E-state index >= 15 is 0 Å². The van der Waals surface area contributed by atoms with Crippen molar-refractivity contribution in [3.63, 3.8) is 0 Å². The zero-order valence-corrected chi connectivity index (χ0v) is 18.8. The highest BCUT2D eigenvalue weighted by Gasteiger charge is 2.26. The number of sulfonamides is 1. The first-order valence-electron chi connectivity index (χ1n) is 10.5. The van der Waals surface area contributed by atoms with Crippen molar-refractivity contribution >= 4 is 21.4 Å². The minimum atomic E-state index is -4.03. The molecule has 0 aliphatic rings. The number of nitrogens with one attached hydrogen (secondary N) is 3. The van der Waals surface area contributed by atoms with E-state index in [4.69, 9.17) is 4.74 Å². The Hall–Kier alpha value is -3.92. The van der Waals surface area contributed by atoms with E-state index in [1.165, 1.54) is 6.07 Å². The second-order valence-corrected chi connectivity index (χ2v) is 8.90. The van der Waals surface area contributed by atoms with Crippen molar-refractivity contribution in [2.45, 2.75) is 24.7 Å². The third-order valence-corrected chi connectivity index (χ3v) is 6.17. The molecule has 9 nitrogen and oxygen atoms in total. The van der Waals surface area contributed by atoms with Gasteiger partial charge in [0.15, 0.2) is 5.75 Å². The van der Waals surface area contributed by atoms with Gasteiger partial charge in [-0.15, -0.1) is 10.2 Å². The number of hydrogen-bond donors (Lipinski definition) is 3. The summed E-state index contributed by atoms with van der Waals surface area (Å²) in [6.07, 6.45) is 1.88. The largest absolute Gasteiger partial charge is 0.454 e. The molecular weight excluding hydrogens is 440 g/mol. The van der Waals surface area contributed by atoms with Crippen LogP contribution in [0.25, 0.3) is 11.4 Å². The van der Waals surface area contributed by atoms with Gasteiger partial charge in [-0.05, 0) is 48.0 Å². The van der Waals surface area contributed by atoms with E-state index in [0.717, 1.165) is 12.8 Å². The first-order valence-corrected chi connectivity index (χ1v) is 12.0. The average Bonchev–Trinajstić information content (AvgIpc) is 3.36. The molecule has 10 heteroatoms. The van der Waals surface area contributed by atoms with Gasteiger partial charge in [0.05, 0.1) is 5.69 Å². The Bertz CT molecular complexity index is 1280. The summed E-state index contributed by atoms with van der Waals surface area (Å²) >= 11 is 0. The lowest BCUT2D eigenvalue weighted by atomic mass is 10.1. The van der Waals surface area contributed by atoms with Crippen LogP contribution in [0.3, 0.4) is 0 Å². The van der Waals surface area contributed by atoms with Gasteiger partial charge in [0, 0.05) is 17.8 Å². The van der Waals surface area contributed by atoms with Crippen molar-refractivity contribution in [2.75, 3.05) is 16.6 Å². The monoisotopic (exact) mass is 464 g/mol. The van der Waals surface area contributed by atoms with Crippen molar-refractivity contribution in [3.05, 3.63) is 72.8 Å². The molecule has 0 aliphatic carbocycles. The molecule has 0 saturated heterocycles. The SMILES string of the molecule is CCCCNc1cc(-c2nn[nH]n2)cc(S(=O)(=O)Nc2ccccc2)c1Oc1ccccc1. The molecule has 0 atom stereocenters. The Morgan fingerprint density at radius 1 is 1.00 bits per heavy atom. The Labute approximate surface area is 192 Å². The number of anilines is 2. The maximum Gasteiger partial charge on any atom is 0.265 e. The number of aromatic amines is 1. The van der Waals surface area contributed by atoms with Crippen molar-refractivity contribution in [2.24, 2.45) is 0 Å². The highest BCUT2D eigenvalue weighted by Crippen LogP contribution is 2.40. The first-order chi connectivity index (χ1) is 16.1. The zero-order valence-electron chi connectivity index (χ0n) is 18.0. The molecule has 1 heterocycles. The molecule has 33 heavy (non-hydrogen) atoms. The van der Waals surface area contributed by atoms with E-state index in [1.807, 2.05) is 24.3 Å². The molecule has 1 aromatic heterocycles. The summed E-state index contributed by atoms with van der Waals surface area (Å²) in [5, 5.41) is 17.3. The minimum absolute atomic E-state index is 0.0449. The van der Waals surface area contributed by atoms with Crippen LogP contribution in [0.5, 0.6) is 11.5 Å². The van der Waals surface area contributed by atoms with Gasteiger partial charge in [-0.25, -0.2) is 8.42 Å². The van der Waals surface area contributed by atoms with E-state index < -0.39 is 10.0 Å². The standard InChI is InChI=1S/C23H24N6O3S/c1-2-3-14-24-20-15-17(23-25-28-29-26-23)16-21(22(20)32-19-12-8-5-9-13-19)33(30,31)27-18-10-6-4-7-11-18/h4-13,15-16,24,27H,2-3,14H2,1H3,(H,25,26,28,29). The fourth-order valence-corrected chi connectivity index (χ4v) is 4.41. The van der Waals surface area contributed by atoms with E-state index in [2.05, 4.69) is 37.6 Å². The number of nitrogens with zero attached hydrogens (tertiary/aromatic N) is 3. The number of aromatic nitrogens is 4. The van der Waals surface area contributed by atoms with E-state index in [-0.39, 0.29) is 16.5 Å². The number of benzene rings is 3. The fraction of sp³-hybridized carbons (Fsp3) is 0.174. The molecule has 0 saturated carbocycles. The van der Waals surface area contributed by atoms with Crippen LogP contribution in [0.4, 0.5) is 11.4 Å². The van der Waals surface area contributed by atoms with Gasteiger partial charge in [-0.3, -0.25) is 4.72 Å². The van der Waals surface area contributed by atoms with Gasteiger partial charge in [0.25, 0.3) is 10.0 Å². The summed E-state index contributed by atoms with van der Waals surface area (Å²) in [6.45, 7) is 2.72. The summed E-state index contributed by atoms with van der Waals surface area (Å²) in [6, 6.07) is 21.0. The average molecular weight is 465 g/mol. The van der Waals surface area contributed by atoms with Gasteiger partial charge in [-0.1, -0.05) is 49.7 Å². The Morgan fingerprint density at radius 2 is 1.73 bits per heavy atom. The summed E-state index contributed by atoms with van der Waals surface area (Å²) in [4.78, 5) is -0.0449. The van der Waals surface area contributed by atoms with Gasteiger partial charge in [0.2, 0.25) is 5.82 Å².